The van der Waals surface area contributed by atoms with Crippen molar-refractivity contribution in [1.82, 2.24) is 8.61 Å². The lowest BCUT2D eigenvalue weighted by atomic mass is 10.2. The van der Waals surface area contributed by atoms with Crippen molar-refractivity contribution in [2.45, 2.75) is 58.3 Å². The Kier molecular flexibility index (Phi) is 10.6. The van der Waals surface area contributed by atoms with Gasteiger partial charge < -0.3 is 0 Å². The molecule has 0 bridgehead atoms. The summed E-state index contributed by atoms with van der Waals surface area (Å²) in [6.45, 7) is 6.11. The molecule has 0 unspecified atom stereocenters. The van der Waals surface area contributed by atoms with E-state index in [0.29, 0.717) is 0 Å². The fourth-order valence-corrected chi connectivity index (χ4v) is 4.46. The van der Waals surface area contributed by atoms with Crippen LogP contribution in [-0.2, 0) is 0 Å². The molecule has 108 valence electrons. The van der Waals surface area contributed by atoms with Crippen molar-refractivity contribution >= 4 is 23.9 Å². The van der Waals surface area contributed by atoms with Crippen LogP contribution < -0.4 is 0 Å². The standard InChI is InChI=1S/C14H30N2S2/c1-3-4-5-8-11-15(2)17-14-18-16-12-9-6-7-10-13-16/h3-14H2,1-2H3. The quantitative estimate of drug-likeness (QED) is 0.347. The lowest BCUT2D eigenvalue weighted by Gasteiger charge is -2.20. The van der Waals surface area contributed by atoms with Crippen LogP contribution in [0.3, 0.4) is 0 Å². The van der Waals surface area contributed by atoms with Crippen LogP contribution in [0.15, 0.2) is 0 Å². The lowest BCUT2D eigenvalue weighted by molar-refractivity contribution is 0.490. The maximum absolute atomic E-state index is 2.57. The molecule has 0 spiro atoms. The van der Waals surface area contributed by atoms with E-state index < -0.39 is 0 Å². The molecule has 0 aromatic carbocycles. The molecule has 0 aromatic heterocycles. The zero-order valence-electron chi connectivity index (χ0n) is 12.2. The van der Waals surface area contributed by atoms with Crippen molar-refractivity contribution < 1.29 is 0 Å². The molecular weight excluding hydrogens is 260 g/mol. The predicted molar refractivity (Wildman–Crippen MR) is 86.9 cm³/mol. The summed E-state index contributed by atoms with van der Waals surface area (Å²) in [6.07, 6.45) is 11.1. The van der Waals surface area contributed by atoms with Crippen LogP contribution in [0.4, 0.5) is 0 Å². The van der Waals surface area contributed by atoms with Gasteiger partial charge in [0, 0.05) is 19.6 Å². The lowest BCUT2D eigenvalue weighted by Crippen LogP contribution is -2.18. The number of nitrogens with zero attached hydrogens (tertiary/aromatic N) is 2. The van der Waals surface area contributed by atoms with Gasteiger partial charge in [-0.25, -0.2) is 4.31 Å². The molecule has 0 aromatic rings. The SMILES string of the molecule is CCCCCCN(C)SCSN1CCCCCC1. The normalized spacial score (nSPS) is 18.2. The third-order valence-electron chi connectivity index (χ3n) is 3.40. The van der Waals surface area contributed by atoms with E-state index in [9.17, 15) is 0 Å². The molecule has 0 N–H and O–H groups in total. The summed E-state index contributed by atoms with van der Waals surface area (Å²) in [4.78, 5) is 0. The molecule has 1 heterocycles. The Bertz CT molecular complexity index is 183. The highest BCUT2D eigenvalue weighted by atomic mass is 32.2. The summed E-state index contributed by atoms with van der Waals surface area (Å²) in [6, 6.07) is 0. The number of hydrogen-bond acceptors (Lipinski definition) is 4. The summed E-state index contributed by atoms with van der Waals surface area (Å²) in [5.41, 5.74) is 0. The van der Waals surface area contributed by atoms with Crippen molar-refractivity contribution in [3.8, 4) is 0 Å². The van der Waals surface area contributed by atoms with Gasteiger partial charge in [0.2, 0.25) is 0 Å². The number of unbranched alkanes of at least 4 members (excludes halogenated alkanes) is 3. The van der Waals surface area contributed by atoms with E-state index in [0.717, 1.165) is 0 Å². The van der Waals surface area contributed by atoms with Crippen molar-refractivity contribution in [2.75, 3.05) is 31.8 Å². The highest BCUT2D eigenvalue weighted by Crippen LogP contribution is 2.23. The van der Waals surface area contributed by atoms with Crippen LogP contribution in [0.5, 0.6) is 0 Å². The van der Waals surface area contributed by atoms with E-state index in [1.807, 2.05) is 23.9 Å². The van der Waals surface area contributed by atoms with Gasteiger partial charge in [-0.3, -0.25) is 4.31 Å². The molecule has 1 aliphatic heterocycles. The third kappa shape index (κ3) is 8.68. The largest absolute Gasteiger partial charge is 0.253 e. The summed E-state index contributed by atoms with van der Waals surface area (Å²) in [5.74, 6) is 0. The molecule has 2 nitrogen and oxygen atoms in total. The van der Waals surface area contributed by atoms with E-state index >= 15 is 0 Å². The van der Waals surface area contributed by atoms with E-state index in [-0.39, 0.29) is 0 Å². The van der Waals surface area contributed by atoms with Gasteiger partial charge in [-0.1, -0.05) is 62.9 Å². The molecular formula is C14H30N2S2. The van der Waals surface area contributed by atoms with Crippen molar-refractivity contribution in [1.29, 1.82) is 0 Å². The number of hydrogen-bond donors (Lipinski definition) is 0. The molecule has 1 aliphatic rings. The Hall–Kier alpha value is 0.620. The minimum absolute atomic E-state index is 1.18. The first kappa shape index (κ1) is 16.7. The maximum Gasteiger partial charge on any atom is 0.0687 e. The first-order chi connectivity index (χ1) is 8.83. The van der Waals surface area contributed by atoms with Crippen molar-refractivity contribution in [3.63, 3.8) is 0 Å². The van der Waals surface area contributed by atoms with Crippen LogP contribution >= 0.6 is 23.9 Å². The molecule has 1 fully saturated rings. The predicted octanol–water partition coefficient (Wildman–Crippen LogP) is 4.63. The van der Waals surface area contributed by atoms with Gasteiger partial charge in [-0.2, -0.15) is 0 Å². The molecule has 1 saturated heterocycles. The Morgan fingerprint density at radius 1 is 1.00 bits per heavy atom. The molecule has 18 heavy (non-hydrogen) atoms. The molecule has 0 aliphatic carbocycles. The second kappa shape index (κ2) is 11.4. The van der Waals surface area contributed by atoms with Gasteiger partial charge in [-0.05, 0) is 26.3 Å². The minimum atomic E-state index is 1.18. The van der Waals surface area contributed by atoms with Crippen LogP contribution in [0.2, 0.25) is 0 Å². The fraction of sp³-hybridized carbons (Fsp3) is 1.00. The van der Waals surface area contributed by atoms with E-state index in [2.05, 4.69) is 22.6 Å². The zero-order valence-corrected chi connectivity index (χ0v) is 13.8. The molecule has 0 saturated carbocycles. The maximum atomic E-state index is 2.57. The fourth-order valence-electron chi connectivity index (χ4n) is 2.18. The van der Waals surface area contributed by atoms with Gasteiger partial charge in [0.1, 0.15) is 0 Å². The zero-order chi connectivity index (χ0) is 13.1. The molecule has 0 amide bonds. The third-order valence-corrected chi connectivity index (χ3v) is 5.60. The molecule has 0 radical (unpaired) electrons. The highest BCUT2D eigenvalue weighted by molar-refractivity contribution is 8.13. The van der Waals surface area contributed by atoms with E-state index in [1.165, 1.54) is 76.1 Å². The average molecular weight is 291 g/mol. The Morgan fingerprint density at radius 2 is 1.72 bits per heavy atom. The average Bonchev–Trinajstić information content (AvgIpc) is 2.63. The van der Waals surface area contributed by atoms with Gasteiger partial charge in [-0.15, -0.1) is 0 Å². The first-order valence-electron chi connectivity index (χ1n) is 7.55. The topological polar surface area (TPSA) is 6.48 Å². The summed E-state index contributed by atoms with van der Waals surface area (Å²) in [5, 5.41) is 1.18. The minimum Gasteiger partial charge on any atom is -0.253 e. The molecule has 4 heteroatoms. The Labute approximate surface area is 123 Å². The molecule has 1 rings (SSSR count). The van der Waals surface area contributed by atoms with Crippen LogP contribution in [0, 0.1) is 0 Å². The van der Waals surface area contributed by atoms with E-state index in [1.54, 1.807) is 0 Å². The Balaban J connectivity index is 1.95. The highest BCUT2D eigenvalue weighted by Gasteiger charge is 2.09. The number of rotatable bonds is 9. The molecule has 0 atom stereocenters. The summed E-state index contributed by atoms with van der Waals surface area (Å²) in [7, 11) is 2.24. The Morgan fingerprint density at radius 3 is 2.39 bits per heavy atom. The van der Waals surface area contributed by atoms with Gasteiger partial charge in [0.05, 0.1) is 5.08 Å². The van der Waals surface area contributed by atoms with Gasteiger partial charge >= 0.3 is 0 Å². The summed E-state index contributed by atoms with van der Waals surface area (Å²) >= 11 is 4.03. The van der Waals surface area contributed by atoms with Crippen molar-refractivity contribution in [2.24, 2.45) is 0 Å². The summed E-state index contributed by atoms with van der Waals surface area (Å²) < 4.78 is 4.99. The smallest absolute Gasteiger partial charge is 0.0687 e. The van der Waals surface area contributed by atoms with Crippen molar-refractivity contribution in [3.05, 3.63) is 0 Å². The van der Waals surface area contributed by atoms with Crippen LogP contribution in [0.1, 0.15) is 58.3 Å². The monoisotopic (exact) mass is 290 g/mol. The first-order valence-corrected chi connectivity index (χ1v) is 9.43. The van der Waals surface area contributed by atoms with Crippen LogP contribution in [-0.4, -0.2) is 40.4 Å². The van der Waals surface area contributed by atoms with Crippen LogP contribution in [0.25, 0.3) is 0 Å². The van der Waals surface area contributed by atoms with E-state index in [4.69, 9.17) is 0 Å². The second-order valence-electron chi connectivity index (χ2n) is 5.13. The second-order valence-corrected chi connectivity index (χ2v) is 7.73. The van der Waals surface area contributed by atoms with Gasteiger partial charge in [0.15, 0.2) is 0 Å². The van der Waals surface area contributed by atoms with Gasteiger partial charge in [0.25, 0.3) is 0 Å².